The molecule has 6 heteroatoms. The van der Waals surface area contributed by atoms with Gasteiger partial charge in [0.15, 0.2) is 0 Å². The van der Waals surface area contributed by atoms with Crippen LogP contribution in [0.3, 0.4) is 0 Å². The number of ether oxygens (including phenoxy) is 1. The first-order valence-corrected chi connectivity index (χ1v) is 8.28. The Morgan fingerprint density at radius 1 is 1.33 bits per heavy atom. The number of hydrogen-bond acceptors (Lipinski definition) is 3. The normalized spacial score (nSPS) is 11.1. The van der Waals surface area contributed by atoms with Crippen LogP contribution in [0.5, 0.6) is 0 Å². The van der Waals surface area contributed by atoms with E-state index in [2.05, 4.69) is 18.9 Å². The second-order valence-electron chi connectivity index (χ2n) is 6.26. The molecular formula is C18H22ClFN2O2. The summed E-state index contributed by atoms with van der Waals surface area (Å²) in [5.74, 6) is -0.442. The summed E-state index contributed by atoms with van der Waals surface area (Å²) in [6.07, 6.45) is 0.113. The first kappa shape index (κ1) is 18.5. The average Bonchev–Trinajstić information content (AvgIpc) is 2.73. The molecule has 0 atom stereocenters. The maximum Gasteiger partial charge on any atom is 0.310 e. The highest BCUT2D eigenvalue weighted by Crippen LogP contribution is 2.21. The van der Waals surface area contributed by atoms with E-state index in [9.17, 15) is 9.18 Å². The molecule has 0 N–H and O–H groups in total. The fourth-order valence-electron chi connectivity index (χ4n) is 2.53. The molecule has 24 heavy (non-hydrogen) atoms. The third-order valence-corrected chi connectivity index (χ3v) is 4.18. The number of halogens is 2. The van der Waals surface area contributed by atoms with Gasteiger partial charge in [0, 0.05) is 23.4 Å². The highest BCUT2D eigenvalue weighted by molar-refractivity contribution is 6.31. The molecule has 4 nitrogen and oxygen atoms in total. The molecule has 1 aromatic carbocycles. The van der Waals surface area contributed by atoms with Crippen molar-refractivity contribution >= 4 is 17.6 Å². The minimum Gasteiger partial charge on any atom is -0.460 e. The van der Waals surface area contributed by atoms with Crippen molar-refractivity contribution in [2.45, 2.75) is 47.3 Å². The number of carbonyl (C=O) groups excluding carboxylic acids is 1. The SMILES string of the molecule is Cc1nn(CC(C)C)c(C)c1CC(=O)OCc1c(F)cccc1Cl. The zero-order chi connectivity index (χ0) is 17.9. The molecule has 0 bridgehead atoms. The first-order valence-electron chi connectivity index (χ1n) is 7.91. The van der Waals surface area contributed by atoms with Crippen molar-refractivity contribution in [1.29, 1.82) is 0 Å². The molecule has 1 heterocycles. The number of aromatic nitrogens is 2. The second kappa shape index (κ2) is 7.79. The Balaban J connectivity index is 2.04. The Labute approximate surface area is 146 Å². The molecule has 0 aliphatic carbocycles. The molecule has 0 spiro atoms. The Morgan fingerprint density at radius 2 is 2.04 bits per heavy atom. The number of carbonyl (C=O) groups is 1. The van der Waals surface area contributed by atoms with Crippen LogP contribution in [0.2, 0.25) is 5.02 Å². The minimum atomic E-state index is -0.479. The summed E-state index contributed by atoms with van der Waals surface area (Å²) in [5.41, 5.74) is 2.83. The van der Waals surface area contributed by atoms with Crippen LogP contribution in [0.15, 0.2) is 18.2 Å². The van der Waals surface area contributed by atoms with Crippen LogP contribution in [0.1, 0.15) is 36.4 Å². The van der Waals surface area contributed by atoms with Crippen molar-refractivity contribution in [3.63, 3.8) is 0 Å². The van der Waals surface area contributed by atoms with Crippen LogP contribution < -0.4 is 0 Å². The Kier molecular flexibility index (Phi) is 5.99. The van der Waals surface area contributed by atoms with Crippen molar-refractivity contribution in [3.05, 3.63) is 51.6 Å². The predicted octanol–water partition coefficient (Wildman–Crippen LogP) is 4.23. The summed E-state index contributed by atoms with van der Waals surface area (Å²) in [6.45, 7) is 8.67. The summed E-state index contributed by atoms with van der Waals surface area (Å²) < 4.78 is 20.8. The summed E-state index contributed by atoms with van der Waals surface area (Å²) in [6, 6.07) is 4.37. The summed E-state index contributed by atoms with van der Waals surface area (Å²) in [4.78, 5) is 12.1. The van der Waals surface area contributed by atoms with Crippen molar-refractivity contribution in [2.24, 2.45) is 5.92 Å². The van der Waals surface area contributed by atoms with E-state index in [0.717, 1.165) is 23.5 Å². The van der Waals surface area contributed by atoms with E-state index in [-0.39, 0.29) is 23.6 Å². The summed E-state index contributed by atoms with van der Waals surface area (Å²) >= 11 is 5.93. The van der Waals surface area contributed by atoms with Gasteiger partial charge in [-0.3, -0.25) is 9.48 Å². The molecule has 1 aromatic heterocycles. The standard InChI is InChI=1S/C18H22ClFN2O2/c1-11(2)9-22-13(4)14(12(3)21-22)8-18(23)24-10-15-16(19)6-5-7-17(15)20/h5-7,11H,8-10H2,1-4H3. The van der Waals surface area contributed by atoms with Crippen molar-refractivity contribution in [2.75, 3.05) is 0 Å². The molecule has 0 aliphatic heterocycles. The second-order valence-corrected chi connectivity index (χ2v) is 6.67. The molecule has 0 radical (unpaired) electrons. The van der Waals surface area contributed by atoms with E-state index in [0.29, 0.717) is 5.92 Å². The topological polar surface area (TPSA) is 44.1 Å². The quantitative estimate of drug-likeness (QED) is 0.730. The van der Waals surface area contributed by atoms with E-state index < -0.39 is 11.8 Å². The smallest absolute Gasteiger partial charge is 0.310 e. The van der Waals surface area contributed by atoms with E-state index in [1.165, 1.54) is 12.1 Å². The molecule has 2 aromatic rings. The maximum absolute atomic E-state index is 13.7. The van der Waals surface area contributed by atoms with Gasteiger partial charge in [-0.05, 0) is 31.9 Å². The molecule has 0 aliphatic rings. The van der Waals surface area contributed by atoms with Gasteiger partial charge in [0.25, 0.3) is 0 Å². The van der Waals surface area contributed by atoms with Crippen LogP contribution in [0.4, 0.5) is 4.39 Å². The van der Waals surface area contributed by atoms with Crippen LogP contribution in [-0.4, -0.2) is 15.7 Å². The van der Waals surface area contributed by atoms with Gasteiger partial charge in [0.05, 0.1) is 17.1 Å². The van der Waals surface area contributed by atoms with Crippen molar-refractivity contribution < 1.29 is 13.9 Å². The van der Waals surface area contributed by atoms with Gasteiger partial charge in [-0.1, -0.05) is 31.5 Å². The lowest BCUT2D eigenvalue weighted by molar-refractivity contribution is -0.144. The lowest BCUT2D eigenvalue weighted by atomic mass is 10.1. The molecule has 0 unspecified atom stereocenters. The zero-order valence-electron chi connectivity index (χ0n) is 14.4. The van der Waals surface area contributed by atoms with Crippen LogP contribution in [0, 0.1) is 25.6 Å². The fourth-order valence-corrected chi connectivity index (χ4v) is 2.75. The molecule has 0 saturated heterocycles. The Morgan fingerprint density at radius 3 is 2.67 bits per heavy atom. The number of rotatable bonds is 6. The van der Waals surface area contributed by atoms with Crippen molar-refractivity contribution in [3.8, 4) is 0 Å². The molecule has 0 fully saturated rings. The summed E-state index contributed by atoms with van der Waals surface area (Å²) in [7, 11) is 0. The van der Waals surface area contributed by atoms with E-state index in [1.807, 2.05) is 18.5 Å². The van der Waals surface area contributed by atoms with Crippen LogP contribution >= 0.6 is 11.6 Å². The lowest BCUT2D eigenvalue weighted by Crippen LogP contribution is -2.11. The van der Waals surface area contributed by atoms with Gasteiger partial charge in [-0.2, -0.15) is 5.10 Å². The lowest BCUT2D eigenvalue weighted by Gasteiger charge is -2.09. The van der Waals surface area contributed by atoms with Crippen LogP contribution in [-0.2, 0) is 29.1 Å². The van der Waals surface area contributed by atoms with Crippen molar-refractivity contribution in [1.82, 2.24) is 9.78 Å². The van der Waals surface area contributed by atoms with E-state index in [1.54, 1.807) is 6.07 Å². The largest absolute Gasteiger partial charge is 0.460 e. The van der Waals surface area contributed by atoms with Gasteiger partial charge >= 0.3 is 5.97 Å². The summed E-state index contributed by atoms with van der Waals surface area (Å²) in [5, 5.41) is 4.73. The number of nitrogens with zero attached hydrogens (tertiary/aromatic N) is 2. The Hall–Kier alpha value is -1.88. The third-order valence-electron chi connectivity index (χ3n) is 3.83. The highest BCUT2D eigenvalue weighted by atomic mass is 35.5. The molecule has 0 amide bonds. The molecule has 130 valence electrons. The fraction of sp³-hybridized carbons (Fsp3) is 0.444. The Bertz CT molecular complexity index is 721. The van der Waals surface area contributed by atoms with Gasteiger partial charge in [0.2, 0.25) is 0 Å². The first-order chi connectivity index (χ1) is 11.3. The number of esters is 1. The van der Waals surface area contributed by atoms with Gasteiger partial charge in [-0.25, -0.2) is 4.39 Å². The third kappa shape index (κ3) is 4.35. The van der Waals surface area contributed by atoms with Gasteiger partial charge in [-0.15, -0.1) is 0 Å². The number of benzene rings is 1. The van der Waals surface area contributed by atoms with E-state index >= 15 is 0 Å². The van der Waals surface area contributed by atoms with E-state index in [4.69, 9.17) is 16.3 Å². The molecule has 0 saturated carbocycles. The van der Waals surface area contributed by atoms with Crippen LogP contribution in [0.25, 0.3) is 0 Å². The van der Waals surface area contributed by atoms with Gasteiger partial charge < -0.3 is 4.74 Å². The number of aryl methyl sites for hydroxylation is 1. The monoisotopic (exact) mass is 352 g/mol. The minimum absolute atomic E-state index is 0.113. The average molecular weight is 353 g/mol. The highest BCUT2D eigenvalue weighted by Gasteiger charge is 2.17. The number of hydrogen-bond donors (Lipinski definition) is 0. The predicted molar refractivity (Wildman–Crippen MR) is 91.4 cm³/mol. The zero-order valence-corrected chi connectivity index (χ0v) is 15.2. The van der Waals surface area contributed by atoms with Gasteiger partial charge in [0.1, 0.15) is 12.4 Å². The maximum atomic E-state index is 13.7. The molecular weight excluding hydrogens is 331 g/mol. The molecule has 2 rings (SSSR count).